The van der Waals surface area contributed by atoms with Crippen LogP contribution in [0.15, 0.2) is 24.4 Å². The van der Waals surface area contributed by atoms with Crippen LogP contribution in [0.1, 0.15) is 0 Å². The van der Waals surface area contributed by atoms with Crippen molar-refractivity contribution in [3.63, 3.8) is 0 Å². The topological polar surface area (TPSA) is 53.2 Å². The van der Waals surface area contributed by atoms with Crippen LogP contribution < -0.4 is 4.90 Å². The van der Waals surface area contributed by atoms with Gasteiger partial charge in [0, 0.05) is 6.20 Å². The number of anilines is 1. The minimum Gasteiger partial charge on any atom is -0.479 e. The van der Waals surface area contributed by atoms with E-state index < -0.39 is 24.2 Å². The number of carboxylic acid groups (broad SMARTS) is 1. The number of carboxylic acids is 1. The molecule has 4 nitrogen and oxygen atoms in total. The fourth-order valence-corrected chi connectivity index (χ4v) is 1.53. The second-order valence-electron chi connectivity index (χ2n) is 3.44. The summed E-state index contributed by atoms with van der Waals surface area (Å²) < 4.78 is 37.9. The quantitative estimate of drug-likeness (QED) is 0.780. The maximum Gasteiger partial charge on any atom is 0.424 e. The molecule has 0 amide bonds. The number of hydrogen-bond acceptors (Lipinski definition) is 3. The Morgan fingerprint density at radius 2 is 2.19 bits per heavy atom. The Labute approximate surface area is 88.3 Å². The molecule has 1 aliphatic heterocycles. The average Bonchev–Trinajstić information content (AvgIpc) is 2.94. The highest BCUT2D eigenvalue weighted by Gasteiger charge is 2.76. The Balaban J connectivity index is 2.34. The van der Waals surface area contributed by atoms with Crippen molar-refractivity contribution in [2.24, 2.45) is 0 Å². The van der Waals surface area contributed by atoms with E-state index in [2.05, 4.69) is 4.98 Å². The van der Waals surface area contributed by atoms with E-state index in [0.717, 1.165) is 4.90 Å². The van der Waals surface area contributed by atoms with Gasteiger partial charge in [-0.1, -0.05) is 6.07 Å². The molecule has 1 fully saturated rings. The maximum atomic E-state index is 12.6. The van der Waals surface area contributed by atoms with Crippen LogP contribution in [0.3, 0.4) is 0 Å². The zero-order valence-corrected chi connectivity index (χ0v) is 7.90. The largest absolute Gasteiger partial charge is 0.479 e. The Bertz CT molecular complexity index is 421. The highest BCUT2D eigenvalue weighted by atomic mass is 19.4. The lowest BCUT2D eigenvalue weighted by Gasteiger charge is -2.16. The van der Waals surface area contributed by atoms with Gasteiger partial charge < -0.3 is 10.0 Å². The molecule has 0 spiro atoms. The molecular weight excluding hydrogens is 225 g/mol. The molecule has 0 aromatic carbocycles. The molecule has 16 heavy (non-hydrogen) atoms. The summed E-state index contributed by atoms with van der Waals surface area (Å²) in [5, 5.41) is 8.68. The Morgan fingerprint density at radius 3 is 2.56 bits per heavy atom. The summed E-state index contributed by atoms with van der Waals surface area (Å²) in [5.41, 5.74) is -2.80. The summed E-state index contributed by atoms with van der Waals surface area (Å²) in [6.07, 6.45) is -3.49. The van der Waals surface area contributed by atoms with Gasteiger partial charge in [-0.15, -0.1) is 0 Å². The lowest BCUT2D eigenvalue weighted by atomic mass is 10.1. The third-order valence-electron chi connectivity index (χ3n) is 2.49. The van der Waals surface area contributed by atoms with Crippen molar-refractivity contribution in [2.45, 2.75) is 11.7 Å². The van der Waals surface area contributed by atoms with Gasteiger partial charge in [0.15, 0.2) is 0 Å². The van der Waals surface area contributed by atoms with Gasteiger partial charge in [-0.2, -0.15) is 13.2 Å². The molecule has 1 saturated heterocycles. The van der Waals surface area contributed by atoms with Crippen molar-refractivity contribution in [2.75, 3.05) is 11.4 Å². The minimum atomic E-state index is -4.81. The molecule has 0 bridgehead atoms. The van der Waals surface area contributed by atoms with Crippen LogP contribution in [0.25, 0.3) is 0 Å². The lowest BCUT2D eigenvalue weighted by Crippen LogP contribution is -2.44. The maximum absolute atomic E-state index is 12.6. The van der Waals surface area contributed by atoms with E-state index in [1.54, 1.807) is 6.07 Å². The molecule has 1 N–H and O–H groups in total. The smallest absolute Gasteiger partial charge is 0.424 e. The van der Waals surface area contributed by atoms with Gasteiger partial charge in [-0.3, -0.25) is 0 Å². The molecular formula is C9H7F3N2O2. The van der Waals surface area contributed by atoms with Gasteiger partial charge >= 0.3 is 12.1 Å². The van der Waals surface area contributed by atoms with Gasteiger partial charge in [0.1, 0.15) is 5.82 Å². The normalized spacial score (nSPS) is 24.3. The van der Waals surface area contributed by atoms with Crippen molar-refractivity contribution >= 4 is 11.8 Å². The summed E-state index contributed by atoms with van der Waals surface area (Å²) in [7, 11) is 0. The van der Waals surface area contributed by atoms with Gasteiger partial charge in [-0.25, -0.2) is 9.78 Å². The first-order valence-corrected chi connectivity index (χ1v) is 4.38. The number of carbonyl (C=O) groups is 1. The first-order valence-electron chi connectivity index (χ1n) is 4.38. The summed E-state index contributed by atoms with van der Waals surface area (Å²) >= 11 is 0. The average molecular weight is 232 g/mol. The summed E-state index contributed by atoms with van der Waals surface area (Å²) in [4.78, 5) is 15.1. The number of aromatic nitrogens is 1. The van der Waals surface area contributed by atoms with Gasteiger partial charge in [0.05, 0.1) is 6.54 Å². The molecule has 7 heteroatoms. The predicted molar refractivity (Wildman–Crippen MR) is 48.0 cm³/mol. The van der Waals surface area contributed by atoms with E-state index in [4.69, 9.17) is 5.11 Å². The molecule has 1 aliphatic rings. The van der Waals surface area contributed by atoms with E-state index in [-0.39, 0.29) is 5.82 Å². The molecule has 1 aromatic rings. The number of alkyl halides is 3. The first kappa shape index (κ1) is 10.7. The van der Waals surface area contributed by atoms with Crippen LogP contribution in [0.2, 0.25) is 0 Å². The van der Waals surface area contributed by atoms with Crippen molar-refractivity contribution in [1.29, 1.82) is 0 Å². The van der Waals surface area contributed by atoms with Crippen LogP contribution in [0.5, 0.6) is 0 Å². The number of pyridine rings is 1. The second-order valence-corrected chi connectivity index (χ2v) is 3.44. The van der Waals surface area contributed by atoms with E-state index in [0.29, 0.717) is 0 Å². The molecule has 2 heterocycles. The van der Waals surface area contributed by atoms with Crippen molar-refractivity contribution in [3.8, 4) is 0 Å². The highest BCUT2D eigenvalue weighted by molar-refractivity contribution is 5.91. The standard InChI is InChI=1S/C9H7F3N2O2/c10-9(11,12)8(7(15)16)5-14(8)6-3-1-2-4-13-6/h1-4H,5H2,(H,15,16). The summed E-state index contributed by atoms with van der Waals surface area (Å²) in [6, 6.07) is 4.39. The fourth-order valence-electron chi connectivity index (χ4n) is 1.53. The van der Waals surface area contributed by atoms with Gasteiger partial charge in [0.2, 0.25) is 0 Å². The van der Waals surface area contributed by atoms with Crippen molar-refractivity contribution < 1.29 is 23.1 Å². The molecule has 0 radical (unpaired) electrons. The second kappa shape index (κ2) is 3.10. The Morgan fingerprint density at radius 1 is 1.50 bits per heavy atom. The summed E-state index contributed by atoms with van der Waals surface area (Å²) in [6.45, 7) is -0.594. The minimum absolute atomic E-state index is 0.0159. The van der Waals surface area contributed by atoms with E-state index in [1.807, 2.05) is 0 Å². The zero-order valence-electron chi connectivity index (χ0n) is 7.90. The molecule has 1 atom stereocenters. The fraction of sp³-hybridized carbons (Fsp3) is 0.333. The zero-order chi connectivity index (χ0) is 12.0. The van der Waals surface area contributed by atoms with Crippen LogP contribution in [-0.4, -0.2) is 34.3 Å². The van der Waals surface area contributed by atoms with E-state index in [1.165, 1.54) is 18.3 Å². The molecule has 0 saturated carbocycles. The monoisotopic (exact) mass is 232 g/mol. The third-order valence-corrected chi connectivity index (χ3v) is 2.49. The molecule has 1 aromatic heterocycles. The lowest BCUT2D eigenvalue weighted by molar-refractivity contribution is -0.180. The number of halogens is 3. The SMILES string of the molecule is O=C(O)C1(C(F)(F)F)CN1c1ccccn1. The predicted octanol–water partition coefficient (Wildman–Crippen LogP) is 1.29. The van der Waals surface area contributed by atoms with Crippen molar-refractivity contribution in [1.82, 2.24) is 4.98 Å². The number of rotatable bonds is 2. The van der Waals surface area contributed by atoms with Crippen LogP contribution in [0.4, 0.5) is 19.0 Å². The third kappa shape index (κ3) is 1.31. The van der Waals surface area contributed by atoms with E-state index >= 15 is 0 Å². The van der Waals surface area contributed by atoms with Crippen LogP contribution >= 0.6 is 0 Å². The number of aliphatic carboxylic acids is 1. The van der Waals surface area contributed by atoms with E-state index in [9.17, 15) is 18.0 Å². The van der Waals surface area contributed by atoms with Gasteiger partial charge in [0.25, 0.3) is 5.54 Å². The number of hydrogen-bond donors (Lipinski definition) is 1. The molecule has 1 unspecified atom stereocenters. The van der Waals surface area contributed by atoms with Gasteiger partial charge in [-0.05, 0) is 12.1 Å². The highest BCUT2D eigenvalue weighted by Crippen LogP contribution is 2.48. The Kier molecular flexibility index (Phi) is 2.08. The van der Waals surface area contributed by atoms with Crippen LogP contribution in [0, 0.1) is 0 Å². The molecule has 2 rings (SSSR count). The molecule has 86 valence electrons. The first-order chi connectivity index (χ1) is 7.39. The van der Waals surface area contributed by atoms with Crippen molar-refractivity contribution in [3.05, 3.63) is 24.4 Å². The summed E-state index contributed by atoms with van der Waals surface area (Å²) in [5.74, 6) is -1.88. The number of nitrogens with zero attached hydrogens (tertiary/aromatic N) is 2. The molecule has 0 aliphatic carbocycles. The Hall–Kier alpha value is -1.79. The van der Waals surface area contributed by atoms with Crippen LogP contribution in [-0.2, 0) is 4.79 Å².